The molecule has 0 aliphatic heterocycles. The highest BCUT2D eigenvalue weighted by Crippen LogP contribution is 2.28. The SMILES string of the molecule is CCCCOc1ccc(C(=O)Nc2cccc(CS(N)(=O)=O)c2)cc1OC. The van der Waals surface area contributed by atoms with Gasteiger partial charge in [-0.1, -0.05) is 25.5 Å². The summed E-state index contributed by atoms with van der Waals surface area (Å²) in [5.41, 5.74) is 1.36. The number of nitrogens with one attached hydrogen (secondary N) is 1. The van der Waals surface area contributed by atoms with E-state index in [0.29, 0.717) is 34.9 Å². The van der Waals surface area contributed by atoms with Crippen molar-refractivity contribution >= 4 is 21.6 Å². The predicted molar refractivity (Wildman–Crippen MR) is 105 cm³/mol. The van der Waals surface area contributed by atoms with Gasteiger partial charge in [0.25, 0.3) is 5.91 Å². The number of unbranched alkanes of at least 4 members (excludes halogenated alkanes) is 1. The molecular weight excluding hydrogens is 368 g/mol. The van der Waals surface area contributed by atoms with Gasteiger partial charge in [-0.05, 0) is 42.3 Å². The van der Waals surface area contributed by atoms with Crippen molar-refractivity contribution in [2.45, 2.75) is 25.5 Å². The molecule has 0 aliphatic rings. The minimum atomic E-state index is -3.64. The smallest absolute Gasteiger partial charge is 0.255 e. The highest BCUT2D eigenvalue weighted by Gasteiger charge is 2.12. The van der Waals surface area contributed by atoms with E-state index in [4.69, 9.17) is 14.6 Å². The van der Waals surface area contributed by atoms with Crippen molar-refractivity contribution in [2.75, 3.05) is 19.0 Å². The van der Waals surface area contributed by atoms with Crippen molar-refractivity contribution in [2.24, 2.45) is 5.14 Å². The zero-order valence-corrected chi connectivity index (χ0v) is 16.2. The summed E-state index contributed by atoms with van der Waals surface area (Å²) in [5.74, 6) is 0.412. The molecule has 0 aromatic heterocycles. The molecule has 27 heavy (non-hydrogen) atoms. The van der Waals surface area contributed by atoms with Gasteiger partial charge in [0.15, 0.2) is 11.5 Å². The molecule has 0 radical (unpaired) electrons. The number of nitrogens with two attached hydrogens (primary N) is 1. The molecule has 7 nitrogen and oxygen atoms in total. The molecule has 0 unspecified atom stereocenters. The molecule has 0 aliphatic carbocycles. The lowest BCUT2D eigenvalue weighted by atomic mass is 10.1. The molecule has 0 heterocycles. The van der Waals surface area contributed by atoms with Crippen LogP contribution in [0.2, 0.25) is 0 Å². The van der Waals surface area contributed by atoms with Crippen LogP contribution >= 0.6 is 0 Å². The molecule has 3 N–H and O–H groups in total. The van der Waals surface area contributed by atoms with Gasteiger partial charge in [-0.2, -0.15) is 0 Å². The number of carbonyl (C=O) groups excluding carboxylic acids is 1. The molecule has 0 bridgehead atoms. The van der Waals surface area contributed by atoms with E-state index < -0.39 is 10.0 Å². The minimum Gasteiger partial charge on any atom is -0.493 e. The van der Waals surface area contributed by atoms with Crippen LogP contribution in [-0.2, 0) is 15.8 Å². The highest BCUT2D eigenvalue weighted by atomic mass is 32.2. The van der Waals surface area contributed by atoms with Gasteiger partial charge in [-0.3, -0.25) is 4.79 Å². The van der Waals surface area contributed by atoms with E-state index in [-0.39, 0.29) is 11.7 Å². The lowest BCUT2D eigenvalue weighted by molar-refractivity contribution is 0.102. The standard InChI is InChI=1S/C19H24N2O5S/c1-3-4-10-26-17-9-8-15(12-18(17)25-2)19(22)21-16-7-5-6-14(11-16)13-27(20,23)24/h5-9,11-12H,3-4,10,13H2,1-2H3,(H,21,22)(H2,20,23,24). The fourth-order valence-electron chi connectivity index (χ4n) is 2.43. The summed E-state index contributed by atoms with van der Waals surface area (Å²) in [7, 11) is -2.13. The van der Waals surface area contributed by atoms with Gasteiger partial charge in [0.1, 0.15) is 0 Å². The van der Waals surface area contributed by atoms with Crippen molar-refractivity contribution in [3.63, 3.8) is 0 Å². The number of benzene rings is 2. The third kappa shape index (κ3) is 6.58. The van der Waals surface area contributed by atoms with E-state index in [1.54, 1.807) is 42.5 Å². The third-order valence-electron chi connectivity index (χ3n) is 3.73. The fourth-order valence-corrected chi connectivity index (χ4v) is 3.07. The molecule has 0 fully saturated rings. The highest BCUT2D eigenvalue weighted by molar-refractivity contribution is 7.88. The van der Waals surface area contributed by atoms with Crippen LogP contribution in [0.4, 0.5) is 5.69 Å². The zero-order valence-electron chi connectivity index (χ0n) is 15.4. The molecule has 0 spiro atoms. The maximum atomic E-state index is 12.5. The second-order valence-electron chi connectivity index (χ2n) is 6.03. The molecule has 0 saturated heterocycles. The molecule has 2 aromatic rings. The third-order valence-corrected chi connectivity index (χ3v) is 4.47. The number of methoxy groups -OCH3 is 1. The first-order valence-electron chi connectivity index (χ1n) is 8.54. The van der Waals surface area contributed by atoms with Gasteiger partial charge < -0.3 is 14.8 Å². The number of hydrogen-bond donors (Lipinski definition) is 2. The van der Waals surface area contributed by atoms with E-state index in [0.717, 1.165) is 12.8 Å². The molecule has 0 saturated carbocycles. The minimum absolute atomic E-state index is 0.297. The number of carbonyl (C=O) groups is 1. The summed E-state index contributed by atoms with van der Waals surface area (Å²) in [6, 6.07) is 11.5. The van der Waals surface area contributed by atoms with Crippen LogP contribution in [0.5, 0.6) is 11.5 Å². The number of primary sulfonamides is 1. The molecule has 2 aromatic carbocycles. The number of rotatable bonds is 9. The van der Waals surface area contributed by atoms with E-state index in [2.05, 4.69) is 12.2 Å². The van der Waals surface area contributed by atoms with Crippen LogP contribution in [0.15, 0.2) is 42.5 Å². The summed E-state index contributed by atoms with van der Waals surface area (Å²) in [5, 5.41) is 7.80. The number of sulfonamides is 1. The predicted octanol–water partition coefficient (Wildman–Crippen LogP) is 2.91. The maximum Gasteiger partial charge on any atom is 0.255 e. The average Bonchev–Trinajstić information content (AvgIpc) is 2.61. The van der Waals surface area contributed by atoms with E-state index in [9.17, 15) is 13.2 Å². The first-order valence-corrected chi connectivity index (χ1v) is 10.3. The van der Waals surface area contributed by atoms with Gasteiger partial charge in [0.05, 0.1) is 19.5 Å². The molecule has 1 amide bonds. The van der Waals surface area contributed by atoms with Gasteiger partial charge in [0, 0.05) is 11.3 Å². The second kappa shape index (κ2) is 9.38. The molecule has 146 valence electrons. The second-order valence-corrected chi connectivity index (χ2v) is 7.64. The Balaban J connectivity index is 2.12. The van der Waals surface area contributed by atoms with Crippen LogP contribution < -0.4 is 19.9 Å². The molecule has 8 heteroatoms. The quantitative estimate of drug-likeness (QED) is 0.638. The Morgan fingerprint density at radius 1 is 1.15 bits per heavy atom. The molecule has 0 atom stereocenters. The van der Waals surface area contributed by atoms with Crippen molar-refractivity contribution in [1.29, 1.82) is 0 Å². The maximum absolute atomic E-state index is 12.5. The average molecular weight is 392 g/mol. The first-order chi connectivity index (χ1) is 12.8. The van der Waals surface area contributed by atoms with E-state index >= 15 is 0 Å². The van der Waals surface area contributed by atoms with Crippen LogP contribution in [0.25, 0.3) is 0 Å². The largest absolute Gasteiger partial charge is 0.493 e. The number of ether oxygens (including phenoxy) is 2. The lowest BCUT2D eigenvalue weighted by Crippen LogP contribution is -2.15. The van der Waals surface area contributed by atoms with Gasteiger partial charge in [0.2, 0.25) is 10.0 Å². The van der Waals surface area contributed by atoms with Crippen LogP contribution in [-0.4, -0.2) is 28.0 Å². The Morgan fingerprint density at radius 3 is 2.59 bits per heavy atom. The van der Waals surface area contributed by atoms with Gasteiger partial charge in [-0.15, -0.1) is 0 Å². The summed E-state index contributed by atoms with van der Waals surface area (Å²) in [6.07, 6.45) is 1.95. The van der Waals surface area contributed by atoms with Crippen molar-refractivity contribution in [3.05, 3.63) is 53.6 Å². The topological polar surface area (TPSA) is 108 Å². The van der Waals surface area contributed by atoms with Crippen molar-refractivity contribution < 1.29 is 22.7 Å². The molecule has 2 rings (SSSR count). The Morgan fingerprint density at radius 2 is 1.93 bits per heavy atom. The van der Waals surface area contributed by atoms with Gasteiger partial charge >= 0.3 is 0 Å². The van der Waals surface area contributed by atoms with E-state index in [1.165, 1.54) is 7.11 Å². The Hall–Kier alpha value is -2.58. The first kappa shape index (κ1) is 20.7. The van der Waals surface area contributed by atoms with Crippen molar-refractivity contribution in [1.82, 2.24) is 0 Å². The van der Waals surface area contributed by atoms with E-state index in [1.807, 2.05) is 0 Å². The summed E-state index contributed by atoms with van der Waals surface area (Å²) < 4.78 is 33.4. The zero-order chi connectivity index (χ0) is 19.9. The Bertz CT molecular complexity index is 897. The van der Waals surface area contributed by atoms with Crippen molar-refractivity contribution in [3.8, 4) is 11.5 Å². The summed E-state index contributed by atoms with van der Waals surface area (Å²) in [4.78, 5) is 12.5. The van der Waals surface area contributed by atoms with Crippen LogP contribution in [0.1, 0.15) is 35.7 Å². The van der Waals surface area contributed by atoms with Crippen LogP contribution in [0.3, 0.4) is 0 Å². The van der Waals surface area contributed by atoms with Gasteiger partial charge in [-0.25, -0.2) is 13.6 Å². The van der Waals surface area contributed by atoms with Crippen LogP contribution in [0, 0.1) is 0 Å². The lowest BCUT2D eigenvalue weighted by Gasteiger charge is -2.12. The summed E-state index contributed by atoms with van der Waals surface area (Å²) >= 11 is 0. The summed E-state index contributed by atoms with van der Waals surface area (Å²) in [6.45, 7) is 2.65. The Labute approximate surface area is 159 Å². The molecular formula is C19H24N2O5S. The fraction of sp³-hybridized carbons (Fsp3) is 0.316. The monoisotopic (exact) mass is 392 g/mol. The Kier molecular flexibility index (Phi) is 7.20. The normalized spacial score (nSPS) is 11.1. The number of hydrogen-bond acceptors (Lipinski definition) is 5. The number of anilines is 1. The number of amides is 1.